The molecule has 4 rings (SSSR count). The zero-order chi connectivity index (χ0) is 19.0. The molecule has 27 heavy (non-hydrogen) atoms. The molecule has 132 valence electrons. The summed E-state index contributed by atoms with van der Waals surface area (Å²) in [7, 11) is 0. The Bertz CT molecular complexity index is 1220. The molecule has 0 bridgehead atoms. The number of nitrogens with one attached hydrogen (secondary N) is 1. The molecule has 6 heteroatoms. The van der Waals surface area contributed by atoms with Crippen molar-refractivity contribution in [3.63, 3.8) is 0 Å². The molecule has 0 radical (unpaired) electrons. The summed E-state index contributed by atoms with van der Waals surface area (Å²) < 4.78 is 0. The van der Waals surface area contributed by atoms with Gasteiger partial charge in [-0.1, -0.05) is 41.9 Å². The Morgan fingerprint density at radius 2 is 1.74 bits per heavy atom. The van der Waals surface area contributed by atoms with Gasteiger partial charge in [-0.05, 0) is 41.1 Å². The summed E-state index contributed by atoms with van der Waals surface area (Å²) in [5.41, 5.74) is 6.90. The molecule has 2 amide bonds. The lowest BCUT2D eigenvalue weighted by atomic mass is 10.0. The molecule has 0 aliphatic rings. The van der Waals surface area contributed by atoms with Gasteiger partial charge in [-0.3, -0.25) is 14.6 Å². The number of fused-ring (bicyclic) bond motifs is 3. The van der Waals surface area contributed by atoms with Crippen LogP contribution in [-0.2, 0) is 0 Å². The number of halogens is 1. The van der Waals surface area contributed by atoms with Crippen molar-refractivity contribution in [2.75, 3.05) is 5.32 Å². The van der Waals surface area contributed by atoms with Crippen molar-refractivity contribution in [1.82, 2.24) is 4.98 Å². The highest BCUT2D eigenvalue weighted by molar-refractivity contribution is 6.34. The maximum atomic E-state index is 13.0. The number of rotatable bonds is 3. The quantitative estimate of drug-likeness (QED) is 0.520. The fourth-order valence-corrected chi connectivity index (χ4v) is 3.23. The number of anilines is 1. The average Bonchev–Trinajstić information content (AvgIpc) is 2.68. The number of hydrogen-bond acceptors (Lipinski definition) is 3. The normalized spacial score (nSPS) is 10.9. The predicted molar refractivity (Wildman–Crippen MR) is 107 cm³/mol. The van der Waals surface area contributed by atoms with Gasteiger partial charge in [0, 0.05) is 17.1 Å². The van der Waals surface area contributed by atoms with Gasteiger partial charge < -0.3 is 11.1 Å². The molecule has 0 aliphatic heterocycles. The number of nitrogens with zero attached hydrogens (tertiary/aromatic N) is 1. The number of amides is 2. The van der Waals surface area contributed by atoms with Gasteiger partial charge in [0.05, 0.1) is 21.8 Å². The second-order valence-electron chi connectivity index (χ2n) is 6.06. The Labute approximate surface area is 159 Å². The number of aromatic nitrogens is 1. The fraction of sp³-hybridized carbons (Fsp3) is 0. The van der Waals surface area contributed by atoms with E-state index in [0.717, 1.165) is 16.2 Å². The minimum Gasteiger partial charge on any atom is -0.366 e. The van der Waals surface area contributed by atoms with Crippen molar-refractivity contribution in [2.45, 2.75) is 0 Å². The zero-order valence-electron chi connectivity index (χ0n) is 14.1. The fourth-order valence-electron chi connectivity index (χ4n) is 3.07. The van der Waals surface area contributed by atoms with E-state index in [9.17, 15) is 9.59 Å². The van der Waals surface area contributed by atoms with Crippen LogP contribution < -0.4 is 11.1 Å². The lowest BCUT2D eigenvalue weighted by molar-refractivity contribution is 0.0996. The summed E-state index contributed by atoms with van der Waals surface area (Å²) in [5, 5.41) is 5.91. The van der Waals surface area contributed by atoms with Gasteiger partial charge in [-0.25, -0.2) is 0 Å². The molecular formula is C21H14ClN3O2. The third-order valence-corrected chi connectivity index (χ3v) is 4.69. The summed E-state index contributed by atoms with van der Waals surface area (Å²) in [6.45, 7) is 0. The van der Waals surface area contributed by atoms with E-state index in [1.54, 1.807) is 12.3 Å². The van der Waals surface area contributed by atoms with E-state index in [1.807, 2.05) is 36.4 Å². The molecular weight excluding hydrogens is 362 g/mol. The van der Waals surface area contributed by atoms with E-state index in [1.165, 1.54) is 18.2 Å². The van der Waals surface area contributed by atoms with Crippen molar-refractivity contribution < 1.29 is 9.59 Å². The van der Waals surface area contributed by atoms with Crippen molar-refractivity contribution >= 4 is 50.8 Å². The summed E-state index contributed by atoms with van der Waals surface area (Å²) in [6.07, 6.45) is 1.65. The molecule has 3 N–H and O–H groups in total. The minimum atomic E-state index is -0.597. The first kappa shape index (κ1) is 17.0. The van der Waals surface area contributed by atoms with E-state index in [-0.39, 0.29) is 11.5 Å². The van der Waals surface area contributed by atoms with Gasteiger partial charge >= 0.3 is 0 Å². The molecule has 0 fully saturated rings. The van der Waals surface area contributed by atoms with Crippen LogP contribution in [-0.4, -0.2) is 16.8 Å². The highest BCUT2D eigenvalue weighted by Gasteiger charge is 2.16. The van der Waals surface area contributed by atoms with E-state index in [4.69, 9.17) is 17.3 Å². The van der Waals surface area contributed by atoms with Crippen LogP contribution in [0.15, 0.2) is 66.9 Å². The number of primary amides is 1. The lowest BCUT2D eigenvalue weighted by Crippen LogP contribution is -2.15. The van der Waals surface area contributed by atoms with Crippen molar-refractivity contribution in [3.05, 3.63) is 83.0 Å². The van der Waals surface area contributed by atoms with Gasteiger partial charge in [0.2, 0.25) is 5.91 Å². The van der Waals surface area contributed by atoms with Gasteiger partial charge in [-0.15, -0.1) is 0 Å². The van der Waals surface area contributed by atoms with Gasteiger partial charge in [0.1, 0.15) is 0 Å². The summed E-state index contributed by atoms with van der Waals surface area (Å²) in [6, 6.07) is 17.9. The molecule has 0 unspecified atom stereocenters. The molecule has 0 saturated carbocycles. The molecule has 0 saturated heterocycles. The number of hydrogen-bond donors (Lipinski definition) is 2. The number of carbonyl (C=O) groups is 2. The van der Waals surface area contributed by atoms with Gasteiger partial charge in [-0.2, -0.15) is 0 Å². The zero-order valence-corrected chi connectivity index (χ0v) is 14.8. The third kappa shape index (κ3) is 3.09. The molecule has 0 spiro atoms. The first-order chi connectivity index (χ1) is 13.0. The average molecular weight is 376 g/mol. The molecule has 0 atom stereocenters. The Morgan fingerprint density at radius 3 is 2.56 bits per heavy atom. The summed E-state index contributed by atoms with van der Waals surface area (Å²) in [5.74, 6) is -0.965. The SMILES string of the molecule is NC(=O)c1ccc(Cl)c(NC(=O)c2cc3ccccc3c3cccnc23)c1. The number of pyridine rings is 1. The smallest absolute Gasteiger partial charge is 0.257 e. The molecule has 1 aromatic heterocycles. The maximum absolute atomic E-state index is 13.0. The van der Waals surface area contributed by atoms with E-state index < -0.39 is 5.91 Å². The van der Waals surface area contributed by atoms with Gasteiger partial charge in [0.15, 0.2) is 0 Å². The lowest BCUT2D eigenvalue weighted by Gasteiger charge is -2.12. The van der Waals surface area contributed by atoms with Crippen LogP contribution in [0.1, 0.15) is 20.7 Å². The van der Waals surface area contributed by atoms with E-state index in [0.29, 0.717) is 21.8 Å². The Balaban J connectivity index is 1.83. The standard InChI is InChI=1S/C21H14ClN3O2/c22-17-8-7-13(20(23)26)11-18(17)25-21(27)16-10-12-4-1-2-5-14(12)15-6-3-9-24-19(15)16/h1-11H,(H2,23,26)(H,25,27). The monoisotopic (exact) mass is 375 g/mol. The maximum Gasteiger partial charge on any atom is 0.257 e. The molecule has 0 aliphatic carbocycles. The van der Waals surface area contributed by atoms with Crippen LogP contribution >= 0.6 is 11.6 Å². The first-order valence-electron chi connectivity index (χ1n) is 8.22. The Hall–Kier alpha value is -3.44. The van der Waals surface area contributed by atoms with Crippen LogP contribution in [0, 0.1) is 0 Å². The van der Waals surface area contributed by atoms with Crippen molar-refractivity contribution in [2.24, 2.45) is 5.73 Å². The van der Waals surface area contributed by atoms with Crippen molar-refractivity contribution in [1.29, 1.82) is 0 Å². The summed E-state index contributed by atoms with van der Waals surface area (Å²) >= 11 is 6.16. The highest BCUT2D eigenvalue weighted by atomic mass is 35.5. The van der Waals surface area contributed by atoms with Gasteiger partial charge in [0.25, 0.3) is 5.91 Å². The topological polar surface area (TPSA) is 85.1 Å². The summed E-state index contributed by atoms with van der Waals surface area (Å²) in [4.78, 5) is 28.8. The van der Waals surface area contributed by atoms with Crippen LogP contribution in [0.2, 0.25) is 5.02 Å². The molecule has 5 nitrogen and oxygen atoms in total. The predicted octanol–water partition coefficient (Wildman–Crippen LogP) is 4.39. The number of carbonyl (C=O) groups excluding carboxylic acids is 2. The van der Waals surface area contributed by atoms with E-state index >= 15 is 0 Å². The highest BCUT2D eigenvalue weighted by Crippen LogP contribution is 2.29. The second-order valence-corrected chi connectivity index (χ2v) is 6.47. The molecule has 4 aromatic rings. The number of nitrogens with two attached hydrogens (primary N) is 1. The third-order valence-electron chi connectivity index (χ3n) is 4.36. The minimum absolute atomic E-state index is 0.260. The largest absolute Gasteiger partial charge is 0.366 e. The Morgan fingerprint density at radius 1 is 0.963 bits per heavy atom. The Kier molecular flexibility index (Phi) is 4.22. The molecule has 3 aromatic carbocycles. The van der Waals surface area contributed by atoms with Crippen LogP contribution in [0.4, 0.5) is 5.69 Å². The van der Waals surface area contributed by atoms with Crippen molar-refractivity contribution in [3.8, 4) is 0 Å². The second kappa shape index (κ2) is 6.70. The van der Waals surface area contributed by atoms with Crippen LogP contribution in [0.3, 0.4) is 0 Å². The number of benzene rings is 3. The van der Waals surface area contributed by atoms with Crippen LogP contribution in [0.5, 0.6) is 0 Å². The molecule has 1 heterocycles. The first-order valence-corrected chi connectivity index (χ1v) is 8.59. The van der Waals surface area contributed by atoms with E-state index in [2.05, 4.69) is 10.3 Å². The van der Waals surface area contributed by atoms with Crippen LogP contribution in [0.25, 0.3) is 21.7 Å².